The molecule has 6 nitrogen and oxygen atoms in total. The first-order valence-corrected chi connectivity index (χ1v) is 6.79. The van der Waals surface area contributed by atoms with Crippen molar-refractivity contribution in [3.8, 4) is 11.5 Å². The Hall–Kier alpha value is -2.16. The summed E-state index contributed by atoms with van der Waals surface area (Å²) in [6.07, 6.45) is -4.97. The monoisotopic (exact) mass is 334 g/mol. The first kappa shape index (κ1) is 17.2. The number of rotatable bonds is 5. The van der Waals surface area contributed by atoms with Crippen molar-refractivity contribution in [1.29, 1.82) is 0 Å². The Morgan fingerprint density at radius 3 is 2.57 bits per heavy atom. The van der Waals surface area contributed by atoms with E-state index in [0.717, 1.165) is 0 Å². The fourth-order valence-corrected chi connectivity index (χ4v) is 2.10. The number of methoxy groups -OCH3 is 2. The molecule has 0 aromatic heterocycles. The first-order chi connectivity index (χ1) is 10.8. The zero-order valence-corrected chi connectivity index (χ0v) is 12.6. The molecule has 1 heterocycles. The van der Waals surface area contributed by atoms with Gasteiger partial charge in [-0.3, -0.25) is 0 Å². The number of carbonyl (C=O) groups excluding carboxylic acids is 1. The maximum Gasteiger partial charge on any atom is 0.411 e. The predicted molar refractivity (Wildman–Crippen MR) is 75.9 cm³/mol. The van der Waals surface area contributed by atoms with Crippen molar-refractivity contribution < 1.29 is 32.2 Å². The molecule has 1 aromatic rings. The molecule has 1 saturated heterocycles. The van der Waals surface area contributed by atoms with Crippen LogP contribution in [0.4, 0.5) is 23.7 Å². The van der Waals surface area contributed by atoms with Crippen molar-refractivity contribution >= 4 is 11.7 Å². The van der Waals surface area contributed by atoms with Crippen LogP contribution in [0.15, 0.2) is 18.2 Å². The summed E-state index contributed by atoms with van der Waals surface area (Å²) in [5.41, 5.74) is 0.413. The van der Waals surface area contributed by atoms with E-state index >= 15 is 0 Å². The van der Waals surface area contributed by atoms with Gasteiger partial charge in [-0.15, -0.1) is 0 Å². The highest BCUT2D eigenvalue weighted by molar-refractivity contribution is 5.92. The van der Waals surface area contributed by atoms with Gasteiger partial charge in [-0.05, 0) is 12.1 Å². The SMILES string of the molecule is COc1cccc(NC(=O)N2CC(OCC(F)(F)F)C2)c1OC. The summed E-state index contributed by atoms with van der Waals surface area (Å²) >= 11 is 0. The van der Waals surface area contributed by atoms with E-state index < -0.39 is 24.9 Å². The normalized spacial score (nSPS) is 15.1. The molecule has 128 valence electrons. The van der Waals surface area contributed by atoms with Crippen LogP contribution in [0.2, 0.25) is 0 Å². The van der Waals surface area contributed by atoms with E-state index in [9.17, 15) is 18.0 Å². The third-order valence-corrected chi connectivity index (χ3v) is 3.26. The maximum absolute atomic E-state index is 12.0. The van der Waals surface area contributed by atoms with Gasteiger partial charge in [0.1, 0.15) is 6.61 Å². The van der Waals surface area contributed by atoms with Crippen LogP contribution < -0.4 is 14.8 Å². The summed E-state index contributed by atoms with van der Waals surface area (Å²) in [7, 11) is 2.92. The molecule has 9 heteroatoms. The topological polar surface area (TPSA) is 60.0 Å². The second-order valence-electron chi connectivity index (χ2n) is 4.92. The number of ether oxygens (including phenoxy) is 3. The van der Waals surface area contributed by atoms with E-state index in [2.05, 4.69) is 10.1 Å². The smallest absolute Gasteiger partial charge is 0.411 e. The Kier molecular flexibility index (Phi) is 5.19. The molecule has 1 aliphatic rings. The van der Waals surface area contributed by atoms with E-state index in [0.29, 0.717) is 17.2 Å². The number of carbonyl (C=O) groups is 1. The number of alkyl halides is 3. The number of nitrogens with one attached hydrogen (secondary N) is 1. The zero-order valence-electron chi connectivity index (χ0n) is 12.6. The Balaban J connectivity index is 1.87. The molecule has 0 unspecified atom stereocenters. The summed E-state index contributed by atoms with van der Waals surface area (Å²) in [5.74, 6) is 0.828. The second-order valence-corrected chi connectivity index (χ2v) is 4.92. The number of benzene rings is 1. The van der Waals surface area contributed by atoms with Gasteiger partial charge in [0, 0.05) is 0 Å². The van der Waals surface area contributed by atoms with Crippen molar-refractivity contribution in [1.82, 2.24) is 4.90 Å². The van der Waals surface area contributed by atoms with Crippen LogP contribution in [0.25, 0.3) is 0 Å². The number of amides is 2. The molecule has 0 spiro atoms. The molecular weight excluding hydrogens is 317 g/mol. The Morgan fingerprint density at radius 1 is 1.30 bits per heavy atom. The number of anilines is 1. The second kappa shape index (κ2) is 6.95. The highest BCUT2D eigenvalue weighted by Gasteiger charge is 2.36. The lowest BCUT2D eigenvalue weighted by Crippen LogP contribution is -2.56. The molecule has 0 bridgehead atoms. The lowest BCUT2D eigenvalue weighted by molar-refractivity contribution is -0.195. The van der Waals surface area contributed by atoms with E-state index in [1.165, 1.54) is 19.1 Å². The van der Waals surface area contributed by atoms with E-state index in [1.54, 1.807) is 18.2 Å². The highest BCUT2D eigenvalue weighted by Crippen LogP contribution is 2.35. The average molecular weight is 334 g/mol. The Bertz CT molecular complexity index is 559. The maximum atomic E-state index is 12.0. The van der Waals surface area contributed by atoms with Crippen LogP contribution in [0.1, 0.15) is 0 Å². The minimum atomic E-state index is -4.36. The molecule has 0 atom stereocenters. The van der Waals surface area contributed by atoms with Crippen LogP contribution in [0, 0.1) is 0 Å². The summed E-state index contributed by atoms with van der Waals surface area (Å²) in [6, 6.07) is 4.56. The van der Waals surface area contributed by atoms with Gasteiger partial charge >= 0.3 is 12.2 Å². The van der Waals surface area contributed by atoms with Gasteiger partial charge in [-0.25, -0.2) is 4.79 Å². The Labute approximate surface area is 131 Å². The largest absolute Gasteiger partial charge is 0.493 e. The standard InChI is InChI=1S/C14H17F3N2O4/c1-21-11-5-3-4-10(12(11)22-2)18-13(20)19-6-9(7-19)23-8-14(15,16)17/h3-5,9H,6-8H2,1-2H3,(H,18,20). The molecule has 2 rings (SSSR count). The minimum absolute atomic E-state index is 0.105. The third kappa shape index (κ3) is 4.41. The third-order valence-electron chi connectivity index (χ3n) is 3.26. The summed E-state index contributed by atoms with van der Waals surface area (Å²) in [6.45, 7) is -1.10. The minimum Gasteiger partial charge on any atom is -0.493 e. The van der Waals surface area contributed by atoms with Crippen molar-refractivity contribution in [2.24, 2.45) is 0 Å². The molecule has 2 amide bonds. The number of para-hydroxylation sites is 1. The molecule has 1 aromatic carbocycles. The molecule has 1 fully saturated rings. The van der Waals surface area contributed by atoms with E-state index in [4.69, 9.17) is 9.47 Å². The molecule has 0 aliphatic carbocycles. The van der Waals surface area contributed by atoms with Gasteiger partial charge in [0.25, 0.3) is 0 Å². The molecule has 1 aliphatic heterocycles. The van der Waals surface area contributed by atoms with Crippen LogP contribution in [-0.2, 0) is 4.74 Å². The van der Waals surface area contributed by atoms with E-state index in [-0.39, 0.29) is 13.1 Å². The summed E-state index contributed by atoms with van der Waals surface area (Å²) < 4.78 is 51.1. The molecule has 23 heavy (non-hydrogen) atoms. The number of hydrogen-bond acceptors (Lipinski definition) is 4. The lowest BCUT2D eigenvalue weighted by atomic mass is 10.2. The van der Waals surface area contributed by atoms with Crippen molar-refractivity contribution in [2.45, 2.75) is 12.3 Å². The quantitative estimate of drug-likeness (QED) is 0.899. The number of urea groups is 1. The van der Waals surface area contributed by atoms with Gasteiger partial charge < -0.3 is 24.4 Å². The summed E-state index contributed by atoms with van der Waals surface area (Å²) in [5, 5.41) is 2.64. The van der Waals surface area contributed by atoms with Crippen LogP contribution >= 0.6 is 0 Å². The number of nitrogens with zero attached hydrogens (tertiary/aromatic N) is 1. The fraction of sp³-hybridized carbons (Fsp3) is 0.500. The number of likely N-dealkylation sites (tertiary alicyclic amines) is 1. The number of halogens is 3. The van der Waals surface area contributed by atoms with Gasteiger partial charge in [-0.2, -0.15) is 13.2 Å². The van der Waals surface area contributed by atoms with Crippen LogP contribution in [0.3, 0.4) is 0 Å². The molecule has 0 radical (unpaired) electrons. The lowest BCUT2D eigenvalue weighted by Gasteiger charge is -2.38. The van der Waals surface area contributed by atoms with Crippen LogP contribution in [0.5, 0.6) is 11.5 Å². The Morgan fingerprint density at radius 2 is 2.00 bits per heavy atom. The predicted octanol–water partition coefficient (Wildman–Crippen LogP) is 2.50. The zero-order chi connectivity index (χ0) is 17.0. The average Bonchev–Trinajstić information content (AvgIpc) is 2.43. The molecular formula is C14H17F3N2O4. The van der Waals surface area contributed by atoms with Crippen molar-refractivity contribution in [3.63, 3.8) is 0 Å². The van der Waals surface area contributed by atoms with Gasteiger partial charge in [-0.1, -0.05) is 6.07 Å². The van der Waals surface area contributed by atoms with Crippen molar-refractivity contribution in [3.05, 3.63) is 18.2 Å². The van der Waals surface area contributed by atoms with Crippen molar-refractivity contribution in [2.75, 3.05) is 39.2 Å². The van der Waals surface area contributed by atoms with E-state index in [1.807, 2.05) is 0 Å². The summed E-state index contributed by atoms with van der Waals surface area (Å²) in [4.78, 5) is 13.4. The van der Waals surface area contributed by atoms with Gasteiger partial charge in [0.2, 0.25) is 0 Å². The first-order valence-electron chi connectivity index (χ1n) is 6.79. The fourth-order valence-electron chi connectivity index (χ4n) is 2.10. The number of hydrogen-bond donors (Lipinski definition) is 1. The molecule has 1 N–H and O–H groups in total. The molecule has 0 saturated carbocycles. The van der Waals surface area contributed by atoms with Gasteiger partial charge in [0.05, 0.1) is 39.1 Å². The van der Waals surface area contributed by atoms with Crippen LogP contribution in [-0.4, -0.2) is 57.1 Å². The van der Waals surface area contributed by atoms with Gasteiger partial charge in [0.15, 0.2) is 11.5 Å². The highest BCUT2D eigenvalue weighted by atomic mass is 19.4.